The highest BCUT2D eigenvalue weighted by Gasteiger charge is 2.29. The number of benzene rings is 1. The summed E-state index contributed by atoms with van der Waals surface area (Å²) in [5, 5.41) is 6.10. The average molecular weight is 297 g/mol. The summed E-state index contributed by atoms with van der Waals surface area (Å²) in [5.74, 6) is 1.74. The first-order valence-electron chi connectivity index (χ1n) is 7.34. The molecule has 0 aliphatic heterocycles. The van der Waals surface area contributed by atoms with Gasteiger partial charge in [-0.1, -0.05) is 6.07 Å². The molecular formula is C17H19N3O2. The van der Waals surface area contributed by atoms with E-state index >= 15 is 0 Å². The van der Waals surface area contributed by atoms with E-state index in [0.717, 1.165) is 35.5 Å². The molecule has 0 saturated heterocycles. The maximum Gasteiger partial charge on any atom is 0.227 e. The van der Waals surface area contributed by atoms with Crippen molar-refractivity contribution in [3.63, 3.8) is 0 Å². The molecule has 1 aliphatic rings. The lowest BCUT2D eigenvalue weighted by Crippen LogP contribution is -2.13. The van der Waals surface area contributed by atoms with E-state index in [9.17, 15) is 4.79 Å². The molecule has 0 bridgehead atoms. The van der Waals surface area contributed by atoms with Crippen LogP contribution in [0.5, 0.6) is 5.75 Å². The standard InChI is InChI=1S/C17H19N3O2/c1-11-3-7-15(22-2)14(9-11)20-16-8-6-13(10-18-16)19-17(21)12-4-5-12/h3,6-10,12H,4-5H2,1-2H3,(H,18,20)(H,19,21). The van der Waals surface area contributed by atoms with Gasteiger partial charge in [0, 0.05) is 5.92 Å². The second-order valence-corrected chi connectivity index (χ2v) is 5.52. The summed E-state index contributed by atoms with van der Waals surface area (Å²) in [4.78, 5) is 16.0. The fraction of sp³-hybridized carbons (Fsp3) is 0.294. The Bertz CT molecular complexity index is 679. The first kappa shape index (κ1) is 14.4. The van der Waals surface area contributed by atoms with Gasteiger partial charge in [0.25, 0.3) is 0 Å². The number of amides is 1. The maximum atomic E-state index is 11.7. The van der Waals surface area contributed by atoms with Crippen molar-refractivity contribution >= 4 is 23.1 Å². The first-order chi connectivity index (χ1) is 10.7. The van der Waals surface area contributed by atoms with E-state index in [2.05, 4.69) is 15.6 Å². The van der Waals surface area contributed by atoms with Crippen LogP contribution in [0.15, 0.2) is 36.5 Å². The monoisotopic (exact) mass is 297 g/mol. The van der Waals surface area contributed by atoms with Gasteiger partial charge in [0.05, 0.1) is 24.7 Å². The number of anilines is 3. The van der Waals surface area contributed by atoms with Crippen LogP contribution >= 0.6 is 0 Å². The van der Waals surface area contributed by atoms with Gasteiger partial charge in [-0.05, 0) is 49.6 Å². The van der Waals surface area contributed by atoms with Crippen molar-refractivity contribution in [2.45, 2.75) is 19.8 Å². The van der Waals surface area contributed by atoms with Crippen molar-refractivity contribution in [2.24, 2.45) is 5.92 Å². The van der Waals surface area contributed by atoms with E-state index in [1.165, 1.54) is 0 Å². The molecule has 114 valence electrons. The van der Waals surface area contributed by atoms with E-state index in [4.69, 9.17) is 4.74 Å². The number of rotatable bonds is 5. The molecule has 0 atom stereocenters. The molecular weight excluding hydrogens is 278 g/mol. The number of aromatic nitrogens is 1. The molecule has 1 aliphatic carbocycles. The highest BCUT2D eigenvalue weighted by molar-refractivity contribution is 5.93. The van der Waals surface area contributed by atoms with Crippen LogP contribution in [0.25, 0.3) is 0 Å². The topological polar surface area (TPSA) is 63.2 Å². The van der Waals surface area contributed by atoms with E-state index in [0.29, 0.717) is 5.82 Å². The molecule has 0 unspecified atom stereocenters. The summed E-state index contributed by atoms with van der Waals surface area (Å²) in [6.45, 7) is 2.02. The summed E-state index contributed by atoms with van der Waals surface area (Å²) >= 11 is 0. The predicted octanol–water partition coefficient (Wildman–Crippen LogP) is 3.49. The minimum Gasteiger partial charge on any atom is -0.495 e. The van der Waals surface area contributed by atoms with Gasteiger partial charge in [-0.3, -0.25) is 4.79 Å². The second kappa shape index (κ2) is 6.05. The SMILES string of the molecule is COc1ccc(C)cc1Nc1ccc(NC(=O)C2CC2)cn1. The van der Waals surface area contributed by atoms with Gasteiger partial charge in [-0.15, -0.1) is 0 Å². The largest absolute Gasteiger partial charge is 0.495 e. The Morgan fingerprint density at radius 1 is 1.27 bits per heavy atom. The van der Waals surface area contributed by atoms with Crippen LogP contribution in [0.2, 0.25) is 0 Å². The van der Waals surface area contributed by atoms with Crippen molar-refractivity contribution in [1.82, 2.24) is 4.98 Å². The summed E-state index contributed by atoms with van der Waals surface area (Å²) in [6.07, 6.45) is 3.64. The highest BCUT2D eigenvalue weighted by Crippen LogP contribution is 2.30. The number of carbonyl (C=O) groups excluding carboxylic acids is 1. The Labute approximate surface area is 129 Å². The molecule has 5 heteroatoms. The second-order valence-electron chi connectivity index (χ2n) is 5.52. The molecule has 2 N–H and O–H groups in total. The number of ether oxygens (including phenoxy) is 1. The Kier molecular flexibility index (Phi) is 3.96. The zero-order chi connectivity index (χ0) is 15.5. The minimum atomic E-state index is 0.0860. The Morgan fingerprint density at radius 3 is 2.73 bits per heavy atom. The van der Waals surface area contributed by atoms with Crippen LogP contribution in [-0.2, 0) is 4.79 Å². The van der Waals surface area contributed by atoms with Gasteiger partial charge in [0.2, 0.25) is 5.91 Å². The first-order valence-corrected chi connectivity index (χ1v) is 7.34. The van der Waals surface area contributed by atoms with Gasteiger partial charge >= 0.3 is 0 Å². The van der Waals surface area contributed by atoms with Gasteiger partial charge in [0.15, 0.2) is 0 Å². The van der Waals surface area contributed by atoms with Crippen molar-refractivity contribution in [3.8, 4) is 5.75 Å². The number of carbonyl (C=O) groups is 1. The molecule has 3 rings (SSSR count). The van der Waals surface area contributed by atoms with E-state index in [1.807, 2.05) is 37.3 Å². The predicted molar refractivity (Wildman–Crippen MR) is 86.6 cm³/mol. The van der Waals surface area contributed by atoms with Crippen LogP contribution in [0.1, 0.15) is 18.4 Å². The lowest BCUT2D eigenvalue weighted by Gasteiger charge is -2.12. The fourth-order valence-corrected chi connectivity index (χ4v) is 2.19. The molecule has 1 fully saturated rings. The molecule has 5 nitrogen and oxygen atoms in total. The number of nitrogens with one attached hydrogen (secondary N) is 2. The number of pyridine rings is 1. The van der Waals surface area contributed by atoms with E-state index in [1.54, 1.807) is 13.3 Å². The zero-order valence-corrected chi connectivity index (χ0v) is 12.7. The third-order valence-electron chi connectivity index (χ3n) is 3.60. The van der Waals surface area contributed by atoms with Crippen molar-refractivity contribution < 1.29 is 9.53 Å². The molecule has 1 aromatic heterocycles. The van der Waals surface area contributed by atoms with Crippen LogP contribution in [-0.4, -0.2) is 18.0 Å². The zero-order valence-electron chi connectivity index (χ0n) is 12.7. The third kappa shape index (κ3) is 3.36. The lowest BCUT2D eigenvalue weighted by atomic mass is 10.2. The molecule has 0 radical (unpaired) electrons. The van der Waals surface area contributed by atoms with Crippen LogP contribution < -0.4 is 15.4 Å². The van der Waals surface area contributed by atoms with Gasteiger partial charge in [-0.25, -0.2) is 4.98 Å². The molecule has 22 heavy (non-hydrogen) atoms. The van der Waals surface area contributed by atoms with Crippen molar-refractivity contribution in [3.05, 3.63) is 42.1 Å². The number of hydrogen-bond acceptors (Lipinski definition) is 4. The number of methoxy groups -OCH3 is 1. The van der Waals surface area contributed by atoms with Gasteiger partial charge < -0.3 is 15.4 Å². The molecule has 2 aromatic rings. The average Bonchev–Trinajstić information content (AvgIpc) is 3.34. The Balaban J connectivity index is 1.70. The number of nitrogens with zero attached hydrogens (tertiary/aromatic N) is 1. The van der Waals surface area contributed by atoms with Gasteiger partial charge in [0.1, 0.15) is 11.6 Å². The van der Waals surface area contributed by atoms with Crippen molar-refractivity contribution in [2.75, 3.05) is 17.7 Å². The molecule has 1 saturated carbocycles. The molecule has 1 heterocycles. The maximum absolute atomic E-state index is 11.7. The summed E-state index contributed by atoms with van der Waals surface area (Å²) in [7, 11) is 1.64. The molecule has 1 aromatic carbocycles. The van der Waals surface area contributed by atoms with Crippen molar-refractivity contribution in [1.29, 1.82) is 0 Å². The minimum absolute atomic E-state index is 0.0860. The summed E-state index contributed by atoms with van der Waals surface area (Å²) < 4.78 is 5.33. The molecule has 1 amide bonds. The van der Waals surface area contributed by atoms with Crippen LogP contribution in [0, 0.1) is 12.8 Å². The lowest BCUT2D eigenvalue weighted by molar-refractivity contribution is -0.117. The van der Waals surface area contributed by atoms with Crippen LogP contribution in [0.4, 0.5) is 17.2 Å². The summed E-state index contributed by atoms with van der Waals surface area (Å²) in [6, 6.07) is 9.60. The van der Waals surface area contributed by atoms with Gasteiger partial charge in [-0.2, -0.15) is 0 Å². The molecule has 0 spiro atoms. The summed E-state index contributed by atoms with van der Waals surface area (Å²) in [5.41, 5.74) is 2.72. The van der Waals surface area contributed by atoms with E-state index < -0.39 is 0 Å². The number of hydrogen-bond donors (Lipinski definition) is 2. The fourth-order valence-electron chi connectivity index (χ4n) is 2.19. The quantitative estimate of drug-likeness (QED) is 0.886. The normalized spacial score (nSPS) is 13.5. The van der Waals surface area contributed by atoms with Crippen LogP contribution in [0.3, 0.4) is 0 Å². The Hall–Kier alpha value is -2.56. The number of aryl methyl sites for hydroxylation is 1. The van der Waals surface area contributed by atoms with E-state index in [-0.39, 0.29) is 11.8 Å². The third-order valence-corrected chi connectivity index (χ3v) is 3.60. The highest BCUT2D eigenvalue weighted by atomic mass is 16.5. The smallest absolute Gasteiger partial charge is 0.227 e. The Morgan fingerprint density at radius 2 is 2.09 bits per heavy atom.